The van der Waals surface area contributed by atoms with E-state index in [-0.39, 0.29) is 11.9 Å². The Morgan fingerprint density at radius 3 is 2.80 bits per heavy atom. The summed E-state index contributed by atoms with van der Waals surface area (Å²) in [7, 11) is 0. The number of nitrogens with one attached hydrogen (secondary N) is 2. The van der Waals surface area contributed by atoms with Crippen LogP contribution in [0.5, 0.6) is 0 Å². The fraction of sp³-hybridized carbons (Fsp3) is 0.933. The Labute approximate surface area is 120 Å². The van der Waals surface area contributed by atoms with Crippen molar-refractivity contribution in [1.82, 2.24) is 10.6 Å². The lowest BCUT2D eigenvalue weighted by atomic mass is 9.85. The summed E-state index contributed by atoms with van der Waals surface area (Å²) >= 11 is 0. The first-order chi connectivity index (χ1) is 9.66. The second-order valence-corrected chi connectivity index (χ2v) is 6.66. The number of carbonyl (C=O) groups excluding carboxylic acids is 1. The maximum absolute atomic E-state index is 12.3. The van der Waals surface area contributed by atoms with E-state index >= 15 is 0 Å². The molecule has 0 aromatic carbocycles. The molecule has 3 fully saturated rings. The summed E-state index contributed by atoms with van der Waals surface area (Å²) in [5.41, 5.74) is -0.778. The van der Waals surface area contributed by atoms with Gasteiger partial charge in [0.05, 0.1) is 11.6 Å². The van der Waals surface area contributed by atoms with E-state index in [1.165, 1.54) is 25.7 Å². The first kappa shape index (κ1) is 14.3. The van der Waals surface area contributed by atoms with Crippen LogP contribution in [0, 0.1) is 5.92 Å². The maximum atomic E-state index is 12.3. The monoisotopic (exact) mass is 282 g/mol. The molecule has 5 nitrogen and oxygen atoms in total. The normalized spacial score (nSPS) is 36.4. The van der Waals surface area contributed by atoms with Gasteiger partial charge in [0.15, 0.2) is 0 Å². The van der Waals surface area contributed by atoms with Gasteiger partial charge >= 0.3 is 0 Å². The molecule has 1 aliphatic carbocycles. The maximum Gasteiger partial charge on any atom is 0.237 e. The predicted molar refractivity (Wildman–Crippen MR) is 75.3 cm³/mol. The van der Waals surface area contributed by atoms with Crippen molar-refractivity contribution >= 4 is 5.91 Å². The van der Waals surface area contributed by atoms with Crippen molar-refractivity contribution in [3.63, 3.8) is 0 Å². The number of amides is 1. The molecule has 114 valence electrons. The molecule has 1 saturated carbocycles. The molecule has 0 spiro atoms. The van der Waals surface area contributed by atoms with Crippen molar-refractivity contribution in [3.8, 4) is 0 Å². The molecule has 2 heterocycles. The summed E-state index contributed by atoms with van der Waals surface area (Å²) in [5, 5.41) is 16.8. The number of fused-ring (bicyclic) bond motifs is 1. The number of aliphatic hydroxyl groups is 1. The van der Waals surface area contributed by atoms with Crippen LogP contribution in [0.15, 0.2) is 0 Å². The highest BCUT2D eigenvalue weighted by Gasteiger charge is 2.39. The summed E-state index contributed by atoms with van der Waals surface area (Å²) in [6.07, 6.45) is 7.21. The van der Waals surface area contributed by atoms with Crippen molar-refractivity contribution in [2.45, 2.75) is 62.6 Å². The minimum atomic E-state index is -0.778. The zero-order valence-corrected chi connectivity index (χ0v) is 12.1. The van der Waals surface area contributed by atoms with Gasteiger partial charge in [0.2, 0.25) is 5.91 Å². The molecule has 0 bridgehead atoms. The van der Waals surface area contributed by atoms with Gasteiger partial charge in [-0.25, -0.2) is 0 Å². The lowest BCUT2D eigenvalue weighted by molar-refractivity contribution is -0.125. The van der Waals surface area contributed by atoms with Gasteiger partial charge in [-0.05, 0) is 25.2 Å². The van der Waals surface area contributed by atoms with Crippen molar-refractivity contribution in [2.24, 2.45) is 5.92 Å². The van der Waals surface area contributed by atoms with Crippen molar-refractivity contribution in [1.29, 1.82) is 0 Å². The fourth-order valence-electron chi connectivity index (χ4n) is 3.82. The topological polar surface area (TPSA) is 70.6 Å². The molecule has 3 N–H and O–H groups in total. The summed E-state index contributed by atoms with van der Waals surface area (Å²) < 4.78 is 5.25. The second kappa shape index (κ2) is 6.00. The number of carbonyl (C=O) groups is 1. The van der Waals surface area contributed by atoms with E-state index in [9.17, 15) is 9.90 Å². The van der Waals surface area contributed by atoms with Gasteiger partial charge in [-0.1, -0.05) is 12.8 Å². The molecular formula is C15H26N2O3. The molecule has 0 radical (unpaired) electrons. The van der Waals surface area contributed by atoms with Crippen LogP contribution in [-0.2, 0) is 9.53 Å². The van der Waals surface area contributed by atoms with E-state index in [0.29, 0.717) is 44.6 Å². The van der Waals surface area contributed by atoms with Crippen molar-refractivity contribution < 1.29 is 14.6 Å². The molecule has 1 amide bonds. The zero-order valence-electron chi connectivity index (χ0n) is 12.1. The molecule has 3 aliphatic rings. The van der Waals surface area contributed by atoms with E-state index in [0.717, 1.165) is 6.42 Å². The summed E-state index contributed by atoms with van der Waals surface area (Å²) in [6, 6.07) is 0.470. The molecular weight excluding hydrogens is 256 g/mol. The van der Waals surface area contributed by atoms with Crippen LogP contribution in [0.3, 0.4) is 0 Å². The molecule has 0 aromatic heterocycles. The smallest absolute Gasteiger partial charge is 0.237 e. The molecule has 2 saturated heterocycles. The van der Waals surface area contributed by atoms with Gasteiger partial charge in [-0.2, -0.15) is 0 Å². The minimum absolute atomic E-state index is 0.0549. The van der Waals surface area contributed by atoms with E-state index < -0.39 is 5.60 Å². The Bertz CT molecular complexity index is 341. The first-order valence-electron chi connectivity index (χ1n) is 8.00. The molecule has 2 aliphatic heterocycles. The van der Waals surface area contributed by atoms with Gasteiger partial charge < -0.3 is 20.5 Å². The molecule has 0 aromatic rings. The standard InChI is InChI=1S/C15H26N2O3/c18-14(16-10-15(19)5-7-20-8-6-15)13-9-11-3-1-2-4-12(11)17-13/h11-13,17,19H,1-10H2,(H,16,18). The SMILES string of the molecule is O=C(NCC1(O)CCOCC1)C1CC2CCCCC2N1. The molecule has 5 heteroatoms. The second-order valence-electron chi connectivity index (χ2n) is 6.66. The summed E-state index contributed by atoms with van der Waals surface area (Å²) in [5.74, 6) is 0.727. The Kier molecular flexibility index (Phi) is 4.29. The lowest BCUT2D eigenvalue weighted by Gasteiger charge is -2.32. The Balaban J connectivity index is 1.47. The highest BCUT2D eigenvalue weighted by molar-refractivity contribution is 5.82. The Hall–Kier alpha value is -0.650. The van der Waals surface area contributed by atoms with Gasteiger partial charge in [-0.15, -0.1) is 0 Å². The molecule has 3 rings (SSSR count). The van der Waals surface area contributed by atoms with Crippen LogP contribution < -0.4 is 10.6 Å². The average molecular weight is 282 g/mol. The van der Waals surface area contributed by atoms with E-state index in [1.807, 2.05) is 0 Å². The van der Waals surface area contributed by atoms with Crippen molar-refractivity contribution in [3.05, 3.63) is 0 Å². The van der Waals surface area contributed by atoms with Crippen LogP contribution in [-0.4, -0.2) is 48.5 Å². The van der Waals surface area contributed by atoms with Crippen LogP contribution in [0.25, 0.3) is 0 Å². The third kappa shape index (κ3) is 3.15. The number of ether oxygens (including phenoxy) is 1. The molecule has 3 atom stereocenters. The largest absolute Gasteiger partial charge is 0.388 e. The van der Waals surface area contributed by atoms with E-state index in [4.69, 9.17) is 4.74 Å². The van der Waals surface area contributed by atoms with Crippen molar-refractivity contribution in [2.75, 3.05) is 19.8 Å². The number of hydrogen-bond donors (Lipinski definition) is 3. The van der Waals surface area contributed by atoms with Crippen LogP contribution >= 0.6 is 0 Å². The van der Waals surface area contributed by atoms with Gasteiger partial charge in [0.1, 0.15) is 0 Å². The summed E-state index contributed by atoms with van der Waals surface area (Å²) in [4.78, 5) is 12.3. The Morgan fingerprint density at radius 1 is 1.30 bits per heavy atom. The third-order valence-electron chi connectivity index (χ3n) is 5.19. The number of rotatable bonds is 3. The minimum Gasteiger partial charge on any atom is -0.388 e. The highest BCUT2D eigenvalue weighted by Crippen LogP contribution is 2.33. The van der Waals surface area contributed by atoms with Crippen LogP contribution in [0.4, 0.5) is 0 Å². The van der Waals surface area contributed by atoms with Crippen LogP contribution in [0.1, 0.15) is 44.9 Å². The molecule has 3 unspecified atom stereocenters. The van der Waals surface area contributed by atoms with Crippen LogP contribution in [0.2, 0.25) is 0 Å². The quantitative estimate of drug-likeness (QED) is 0.707. The summed E-state index contributed by atoms with van der Waals surface area (Å²) in [6.45, 7) is 1.51. The van der Waals surface area contributed by atoms with Gasteiger partial charge in [0, 0.05) is 38.6 Å². The third-order valence-corrected chi connectivity index (χ3v) is 5.19. The molecule has 20 heavy (non-hydrogen) atoms. The highest BCUT2D eigenvalue weighted by atomic mass is 16.5. The zero-order chi connectivity index (χ0) is 14.0. The van der Waals surface area contributed by atoms with E-state index in [1.54, 1.807) is 0 Å². The Morgan fingerprint density at radius 2 is 2.05 bits per heavy atom. The number of hydrogen-bond acceptors (Lipinski definition) is 4. The predicted octanol–water partition coefficient (Wildman–Crippen LogP) is 0.565. The van der Waals surface area contributed by atoms with E-state index in [2.05, 4.69) is 10.6 Å². The first-order valence-corrected chi connectivity index (χ1v) is 8.00. The van der Waals surface area contributed by atoms with Gasteiger partial charge in [0.25, 0.3) is 0 Å². The average Bonchev–Trinajstić information content (AvgIpc) is 2.89. The lowest BCUT2D eigenvalue weighted by Crippen LogP contribution is -2.50. The fourth-order valence-corrected chi connectivity index (χ4v) is 3.82. The van der Waals surface area contributed by atoms with Gasteiger partial charge in [-0.3, -0.25) is 4.79 Å².